The molecule has 2 N–H and O–H groups in total. The van der Waals surface area contributed by atoms with Gasteiger partial charge in [0, 0.05) is 39.3 Å². The predicted octanol–water partition coefficient (Wildman–Crippen LogP) is 1.90. The quantitative estimate of drug-likeness (QED) is 0.312. The van der Waals surface area contributed by atoms with Gasteiger partial charge in [-0.15, -0.1) is 0 Å². The number of nitrogens with one attached hydrogen (secondary N) is 2. The lowest BCUT2D eigenvalue weighted by Crippen LogP contribution is -2.51. The molecule has 0 saturated carbocycles. The Balaban J connectivity index is 1.74. The van der Waals surface area contributed by atoms with Crippen molar-refractivity contribution in [2.45, 2.75) is 38.5 Å². The van der Waals surface area contributed by atoms with Crippen LogP contribution in [0.5, 0.6) is 0 Å². The van der Waals surface area contributed by atoms with Crippen molar-refractivity contribution in [1.29, 1.82) is 0 Å². The molecule has 7 nitrogen and oxygen atoms in total. The minimum Gasteiger partial charge on any atom is -0.379 e. The van der Waals surface area contributed by atoms with E-state index in [2.05, 4.69) is 34.4 Å². The molecule has 1 heterocycles. The van der Waals surface area contributed by atoms with Gasteiger partial charge in [0.25, 0.3) is 0 Å². The second-order valence-electron chi connectivity index (χ2n) is 8.24. The summed E-state index contributed by atoms with van der Waals surface area (Å²) in [5.41, 5.74) is 0.835. The first-order chi connectivity index (χ1) is 14.4. The number of guanidine groups is 1. The lowest BCUT2D eigenvalue weighted by atomic mass is 10.0. The van der Waals surface area contributed by atoms with Gasteiger partial charge in [-0.05, 0) is 24.3 Å². The SMILES string of the molecule is CN=C(NCCCS(=O)(=O)Cc1ccccc1)NCC(CC(C)C)N1CCOCC1. The minimum atomic E-state index is -3.11. The molecule has 0 bridgehead atoms. The van der Waals surface area contributed by atoms with Gasteiger partial charge in [0.15, 0.2) is 15.8 Å². The first kappa shape index (κ1) is 24.6. The third kappa shape index (κ3) is 9.45. The second kappa shape index (κ2) is 12.9. The highest BCUT2D eigenvalue weighted by molar-refractivity contribution is 7.90. The summed E-state index contributed by atoms with van der Waals surface area (Å²) in [5, 5.41) is 6.67. The number of benzene rings is 1. The van der Waals surface area contributed by atoms with E-state index < -0.39 is 9.84 Å². The minimum absolute atomic E-state index is 0.0945. The van der Waals surface area contributed by atoms with Crippen LogP contribution < -0.4 is 10.6 Å². The summed E-state index contributed by atoms with van der Waals surface area (Å²) in [4.78, 5) is 6.77. The van der Waals surface area contributed by atoms with Gasteiger partial charge in [0.2, 0.25) is 0 Å². The van der Waals surface area contributed by atoms with Crippen molar-refractivity contribution >= 4 is 15.8 Å². The van der Waals surface area contributed by atoms with Gasteiger partial charge in [-0.25, -0.2) is 8.42 Å². The van der Waals surface area contributed by atoms with Crippen LogP contribution in [0.1, 0.15) is 32.3 Å². The van der Waals surface area contributed by atoms with E-state index in [1.807, 2.05) is 30.3 Å². The molecule has 1 fully saturated rings. The molecule has 0 radical (unpaired) electrons. The molecule has 0 spiro atoms. The first-order valence-corrected chi connectivity index (χ1v) is 12.7. The average Bonchev–Trinajstić information content (AvgIpc) is 2.73. The van der Waals surface area contributed by atoms with Crippen LogP contribution in [0.2, 0.25) is 0 Å². The van der Waals surface area contributed by atoms with E-state index in [-0.39, 0.29) is 11.5 Å². The normalized spacial score (nSPS) is 17.1. The topological polar surface area (TPSA) is 83.0 Å². The Morgan fingerprint density at radius 1 is 1.17 bits per heavy atom. The lowest BCUT2D eigenvalue weighted by molar-refractivity contribution is 0.0132. The molecule has 1 aliphatic rings. The molecule has 1 atom stereocenters. The summed E-state index contributed by atoms with van der Waals surface area (Å²) in [6.45, 7) is 9.38. The average molecular weight is 439 g/mol. The van der Waals surface area contributed by atoms with E-state index in [1.54, 1.807) is 7.05 Å². The van der Waals surface area contributed by atoms with Crippen molar-refractivity contribution in [1.82, 2.24) is 15.5 Å². The van der Waals surface area contributed by atoms with E-state index in [1.165, 1.54) is 0 Å². The number of nitrogens with zero attached hydrogens (tertiary/aromatic N) is 2. The molecular weight excluding hydrogens is 400 g/mol. The molecule has 0 aromatic heterocycles. The fourth-order valence-corrected chi connectivity index (χ4v) is 5.11. The third-order valence-electron chi connectivity index (χ3n) is 5.19. The van der Waals surface area contributed by atoms with E-state index in [9.17, 15) is 8.42 Å². The standard InChI is InChI=1S/C22H38N4O3S/c1-19(2)16-21(26-11-13-29-14-12-26)17-25-22(23-3)24-10-7-15-30(27,28)18-20-8-5-4-6-9-20/h4-6,8-9,19,21H,7,10-18H2,1-3H3,(H2,23,24,25). The molecule has 0 aliphatic carbocycles. The Labute approximate surface area is 182 Å². The molecular formula is C22H38N4O3S. The second-order valence-corrected chi connectivity index (χ2v) is 10.4. The molecule has 1 unspecified atom stereocenters. The molecule has 1 saturated heterocycles. The summed E-state index contributed by atoms with van der Waals surface area (Å²) in [7, 11) is -1.37. The van der Waals surface area contributed by atoms with Crippen LogP contribution in [0.25, 0.3) is 0 Å². The van der Waals surface area contributed by atoms with Crippen molar-refractivity contribution < 1.29 is 13.2 Å². The number of hydrogen-bond acceptors (Lipinski definition) is 5. The molecule has 1 aromatic carbocycles. The Morgan fingerprint density at radius 2 is 1.87 bits per heavy atom. The number of sulfone groups is 1. The van der Waals surface area contributed by atoms with Crippen molar-refractivity contribution in [2.24, 2.45) is 10.9 Å². The molecule has 1 aliphatic heterocycles. The molecule has 30 heavy (non-hydrogen) atoms. The predicted molar refractivity (Wildman–Crippen MR) is 124 cm³/mol. The zero-order chi connectivity index (χ0) is 21.8. The first-order valence-electron chi connectivity index (χ1n) is 10.9. The zero-order valence-corrected chi connectivity index (χ0v) is 19.5. The highest BCUT2D eigenvalue weighted by Gasteiger charge is 2.22. The molecule has 170 valence electrons. The van der Waals surface area contributed by atoms with Crippen LogP contribution in [-0.4, -0.2) is 77.5 Å². The molecule has 2 rings (SSSR count). The smallest absolute Gasteiger partial charge is 0.191 e. The van der Waals surface area contributed by atoms with Crippen molar-refractivity contribution in [3.63, 3.8) is 0 Å². The summed E-state index contributed by atoms with van der Waals surface area (Å²) >= 11 is 0. The lowest BCUT2D eigenvalue weighted by Gasteiger charge is -2.35. The summed E-state index contributed by atoms with van der Waals surface area (Å²) in [6.07, 6.45) is 1.66. The maximum absolute atomic E-state index is 12.3. The van der Waals surface area contributed by atoms with Gasteiger partial charge in [-0.2, -0.15) is 0 Å². The van der Waals surface area contributed by atoms with Gasteiger partial charge in [0.1, 0.15) is 0 Å². The monoisotopic (exact) mass is 438 g/mol. The summed E-state index contributed by atoms with van der Waals surface area (Å²) in [6, 6.07) is 9.76. The van der Waals surface area contributed by atoms with Gasteiger partial charge in [-0.3, -0.25) is 9.89 Å². The zero-order valence-electron chi connectivity index (χ0n) is 18.6. The molecule has 0 amide bonds. The maximum atomic E-state index is 12.3. The Hall–Kier alpha value is -1.64. The van der Waals surface area contributed by atoms with Crippen LogP contribution in [-0.2, 0) is 20.3 Å². The number of ether oxygens (including phenoxy) is 1. The highest BCUT2D eigenvalue weighted by Crippen LogP contribution is 2.13. The maximum Gasteiger partial charge on any atom is 0.191 e. The number of morpholine rings is 1. The van der Waals surface area contributed by atoms with Crippen LogP contribution in [0.4, 0.5) is 0 Å². The van der Waals surface area contributed by atoms with Crippen molar-refractivity contribution in [2.75, 3.05) is 52.2 Å². The summed E-state index contributed by atoms with van der Waals surface area (Å²) in [5.74, 6) is 1.59. The Morgan fingerprint density at radius 3 is 2.50 bits per heavy atom. The molecule has 8 heteroatoms. The van der Waals surface area contributed by atoms with Crippen molar-refractivity contribution in [3.05, 3.63) is 35.9 Å². The van der Waals surface area contributed by atoms with E-state index in [0.29, 0.717) is 24.9 Å². The van der Waals surface area contributed by atoms with E-state index in [0.717, 1.165) is 50.8 Å². The number of hydrogen-bond donors (Lipinski definition) is 2. The van der Waals surface area contributed by atoms with Crippen LogP contribution in [0.15, 0.2) is 35.3 Å². The van der Waals surface area contributed by atoms with Crippen LogP contribution >= 0.6 is 0 Å². The van der Waals surface area contributed by atoms with E-state index >= 15 is 0 Å². The fourth-order valence-electron chi connectivity index (χ4n) is 3.68. The van der Waals surface area contributed by atoms with Crippen LogP contribution in [0, 0.1) is 5.92 Å². The van der Waals surface area contributed by atoms with Gasteiger partial charge >= 0.3 is 0 Å². The van der Waals surface area contributed by atoms with Gasteiger partial charge in [0.05, 0.1) is 24.7 Å². The fraction of sp³-hybridized carbons (Fsp3) is 0.682. The molecule has 1 aromatic rings. The van der Waals surface area contributed by atoms with E-state index in [4.69, 9.17) is 4.74 Å². The third-order valence-corrected chi connectivity index (χ3v) is 6.87. The number of aliphatic imine (C=N–C) groups is 1. The number of rotatable bonds is 11. The Bertz CT molecular complexity index is 732. The van der Waals surface area contributed by atoms with Gasteiger partial charge in [-0.1, -0.05) is 44.2 Å². The summed E-state index contributed by atoms with van der Waals surface area (Å²) < 4.78 is 30.1. The van der Waals surface area contributed by atoms with Crippen molar-refractivity contribution in [3.8, 4) is 0 Å². The van der Waals surface area contributed by atoms with Gasteiger partial charge < -0.3 is 15.4 Å². The highest BCUT2D eigenvalue weighted by atomic mass is 32.2. The van der Waals surface area contributed by atoms with Crippen LogP contribution in [0.3, 0.4) is 0 Å². The largest absolute Gasteiger partial charge is 0.379 e. The Kier molecular flexibility index (Phi) is 10.6.